The molecule has 1 saturated heterocycles. The number of nitrogens with zero attached hydrogens (tertiary/aromatic N) is 3. The van der Waals surface area contributed by atoms with E-state index in [0.717, 1.165) is 37.4 Å². The fourth-order valence-electron chi connectivity index (χ4n) is 3.07. The lowest BCUT2D eigenvalue weighted by atomic mass is 10.1. The summed E-state index contributed by atoms with van der Waals surface area (Å²) in [7, 11) is 1.70. The minimum atomic E-state index is 0.0191. The van der Waals surface area contributed by atoms with E-state index in [-0.39, 0.29) is 11.8 Å². The lowest BCUT2D eigenvalue weighted by Crippen LogP contribution is -2.39. The Morgan fingerprint density at radius 1 is 1.50 bits per heavy atom. The van der Waals surface area contributed by atoms with Gasteiger partial charge in [-0.25, -0.2) is 4.98 Å². The lowest BCUT2D eigenvalue weighted by molar-refractivity contribution is -0.135. The quantitative estimate of drug-likeness (QED) is 0.828. The molecular weight excluding hydrogens is 282 g/mol. The van der Waals surface area contributed by atoms with Crippen molar-refractivity contribution in [3.63, 3.8) is 0 Å². The van der Waals surface area contributed by atoms with Crippen LogP contribution in [0.15, 0.2) is 18.3 Å². The van der Waals surface area contributed by atoms with E-state index in [1.54, 1.807) is 13.3 Å². The number of methoxy groups -OCH3 is 1. The zero-order valence-electron chi connectivity index (χ0n) is 13.0. The van der Waals surface area contributed by atoms with E-state index in [9.17, 15) is 4.79 Å². The second-order valence-corrected chi connectivity index (χ2v) is 5.79. The summed E-state index contributed by atoms with van der Waals surface area (Å²) in [6.45, 7) is 4.82. The summed E-state index contributed by atoms with van der Waals surface area (Å²) in [6.07, 6.45) is 2.64. The zero-order chi connectivity index (χ0) is 15.4. The Morgan fingerprint density at radius 2 is 2.41 bits per heavy atom. The van der Waals surface area contributed by atoms with Crippen LogP contribution in [0.2, 0.25) is 0 Å². The first kappa shape index (κ1) is 15.2. The molecule has 0 aromatic carbocycles. The smallest absolute Gasteiger partial charge is 0.228 e. The first-order chi connectivity index (χ1) is 10.8. The number of carbonyl (C=O) groups is 1. The molecule has 1 aromatic rings. The fourth-order valence-corrected chi connectivity index (χ4v) is 3.07. The van der Waals surface area contributed by atoms with Gasteiger partial charge in [-0.3, -0.25) is 4.79 Å². The highest BCUT2D eigenvalue weighted by atomic mass is 16.5. The molecule has 0 aliphatic carbocycles. The molecule has 2 aliphatic rings. The van der Waals surface area contributed by atoms with Crippen LogP contribution in [0, 0.1) is 5.92 Å². The zero-order valence-corrected chi connectivity index (χ0v) is 13.0. The molecule has 2 aliphatic heterocycles. The average molecular weight is 305 g/mol. The van der Waals surface area contributed by atoms with E-state index >= 15 is 0 Å². The fraction of sp³-hybridized carbons (Fsp3) is 0.625. The summed E-state index contributed by atoms with van der Waals surface area (Å²) in [4.78, 5) is 21.3. The molecule has 0 saturated carbocycles. The predicted molar refractivity (Wildman–Crippen MR) is 82.7 cm³/mol. The van der Waals surface area contributed by atoms with Crippen molar-refractivity contribution in [1.29, 1.82) is 0 Å². The van der Waals surface area contributed by atoms with Gasteiger partial charge in [-0.05, 0) is 12.5 Å². The standard InChI is InChI=1S/C16H23N3O3/c1-21-10-8-18-6-7-19(16(20)14-4-9-22-12-14)11-13-3-2-5-17-15(13)18/h2-3,5,14H,4,6-12H2,1H3. The van der Waals surface area contributed by atoms with Crippen molar-refractivity contribution in [3.05, 3.63) is 23.9 Å². The molecule has 3 heterocycles. The van der Waals surface area contributed by atoms with Crippen LogP contribution in [0.1, 0.15) is 12.0 Å². The Kier molecular flexibility index (Phi) is 4.90. The molecule has 0 bridgehead atoms. The summed E-state index contributed by atoms with van der Waals surface area (Å²) in [5, 5.41) is 0. The van der Waals surface area contributed by atoms with Gasteiger partial charge in [0, 0.05) is 51.7 Å². The van der Waals surface area contributed by atoms with E-state index in [1.807, 2.05) is 11.0 Å². The van der Waals surface area contributed by atoms with Crippen LogP contribution >= 0.6 is 0 Å². The molecule has 1 unspecified atom stereocenters. The Morgan fingerprint density at radius 3 is 3.18 bits per heavy atom. The Balaban J connectivity index is 1.77. The van der Waals surface area contributed by atoms with Gasteiger partial charge >= 0.3 is 0 Å². The number of amides is 1. The van der Waals surface area contributed by atoms with Crippen molar-refractivity contribution in [2.24, 2.45) is 5.92 Å². The molecule has 120 valence electrons. The number of carbonyl (C=O) groups excluding carboxylic acids is 1. The molecular formula is C16H23N3O3. The van der Waals surface area contributed by atoms with Gasteiger partial charge < -0.3 is 19.3 Å². The number of anilines is 1. The monoisotopic (exact) mass is 305 g/mol. The average Bonchev–Trinajstić information content (AvgIpc) is 3.01. The van der Waals surface area contributed by atoms with Crippen molar-refractivity contribution < 1.29 is 14.3 Å². The highest BCUT2D eigenvalue weighted by Crippen LogP contribution is 2.24. The summed E-state index contributed by atoms with van der Waals surface area (Å²) in [5.41, 5.74) is 1.10. The molecule has 0 radical (unpaired) electrons. The van der Waals surface area contributed by atoms with Crippen molar-refractivity contribution in [3.8, 4) is 0 Å². The molecule has 1 amide bonds. The maximum atomic E-state index is 12.7. The third-order valence-corrected chi connectivity index (χ3v) is 4.32. The van der Waals surface area contributed by atoms with Crippen molar-refractivity contribution in [2.75, 3.05) is 51.5 Å². The van der Waals surface area contributed by atoms with Gasteiger partial charge in [0.1, 0.15) is 5.82 Å². The highest BCUT2D eigenvalue weighted by Gasteiger charge is 2.30. The van der Waals surface area contributed by atoms with E-state index < -0.39 is 0 Å². The van der Waals surface area contributed by atoms with Crippen LogP contribution in [-0.4, -0.2) is 62.4 Å². The van der Waals surface area contributed by atoms with Crippen molar-refractivity contribution in [1.82, 2.24) is 9.88 Å². The Labute approximate surface area is 131 Å². The van der Waals surface area contributed by atoms with Gasteiger partial charge in [0.15, 0.2) is 0 Å². The highest BCUT2D eigenvalue weighted by molar-refractivity contribution is 5.79. The predicted octanol–water partition coefficient (Wildman–Crippen LogP) is 0.913. The molecule has 3 rings (SSSR count). The molecule has 1 aromatic heterocycles. The number of aromatic nitrogens is 1. The summed E-state index contributed by atoms with van der Waals surface area (Å²) >= 11 is 0. The maximum absolute atomic E-state index is 12.7. The maximum Gasteiger partial charge on any atom is 0.228 e. The van der Waals surface area contributed by atoms with E-state index in [0.29, 0.717) is 26.4 Å². The van der Waals surface area contributed by atoms with Gasteiger partial charge in [0.05, 0.1) is 19.1 Å². The van der Waals surface area contributed by atoms with E-state index in [1.165, 1.54) is 0 Å². The number of fused-ring (bicyclic) bond motifs is 1. The summed E-state index contributed by atoms with van der Waals surface area (Å²) in [5.74, 6) is 1.20. The van der Waals surface area contributed by atoms with Gasteiger partial charge in [-0.2, -0.15) is 0 Å². The van der Waals surface area contributed by atoms with Crippen LogP contribution in [-0.2, 0) is 20.8 Å². The number of ether oxygens (including phenoxy) is 2. The van der Waals surface area contributed by atoms with Crippen LogP contribution in [0.5, 0.6) is 0 Å². The molecule has 6 heteroatoms. The van der Waals surface area contributed by atoms with Crippen molar-refractivity contribution >= 4 is 11.7 Å². The second-order valence-electron chi connectivity index (χ2n) is 5.79. The number of rotatable bonds is 4. The molecule has 1 fully saturated rings. The minimum Gasteiger partial charge on any atom is -0.383 e. The Hall–Kier alpha value is -1.66. The SMILES string of the molecule is COCCN1CCN(C(=O)C2CCOC2)Cc2cccnc21. The summed E-state index contributed by atoms with van der Waals surface area (Å²) < 4.78 is 10.5. The molecule has 22 heavy (non-hydrogen) atoms. The molecule has 6 nitrogen and oxygen atoms in total. The summed E-state index contributed by atoms with van der Waals surface area (Å²) in [6, 6.07) is 3.98. The minimum absolute atomic E-state index is 0.0191. The van der Waals surface area contributed by atoms with Gasteiger partial charge in [-0.15, -0.1) is 0 Å². The van der Waals surface area contributed by atoms with E-state index in [2.05, 4.69) is 16.0 Å². The number of pyridine rings is 1. The van der Waals surface area contributed by atoms with Crippen LogP contribution in [0.4, 0.5) is 5.82 Å². The third kappa shape index (κ3) is 3.23. The largest absolute Gasteiger partial charge is 0.383 e. The molecule has 0 N–H and O–H groups in total. The van der Waals surface area contributed by atoms with Crippen LogP contribution < -0.4 is 4.90 Å². The number of hydrogen-bond donors (Lipinski definition) is 0. The topological polar surface area (TPSA) is 54.9 Å². The van der Waals surface area contributed by atoms with Gasteiger partial charge in [0.2, 0.25) is 5.91 Å². The van der Waals surface area contributed by atoms with Crippen LogP contribution in [0.3, 0.4) is 0 Å². The first-order valence-electron chi connectivity index (χ1n) is 7.84. The third-order valence-electron chi connectivity index (χ3n) is 4.32. The second kappa shape index (κ2) is 7.07. The van der Waals surface area contributed by atoms with Crippen molar-refractivity contribution in [2.45, 2.75) is 13.0 Å². The van der Waals surface area contributed by atoms with Gasteiger partial charge in [-0.1, -0.05) is 6.07 Å². The normalized spacial score (nSPS) is 21.6. The van der Waals surface area contributed by atoms with E-state index in [4.69, 9.17) is 9.47 Å². The Bertz CT molecular complexity index is 517. The van der Waals surface area contributed by atoms with Gasteiger partial charge in [0.25, 0.3) is 0 Å². The lowest BCUT2D eigenvalue weighted by Gasteiger charge is -2.24. The van der Waals surface area contributed by atoms with Crippen LogP contribution in [0.25, 0.3) is 0 Å². The number of hydrogen-bond acceptors (Lipinski definition) is 5. The first-order valence-corrected chi connectivity index (χ1v) is 7.84. The molecule has 0 spiro atoms. The molecule has 1 atom stereocenters.